The number of amides is 1. The molecule has 0 radical (unpaired) electrons. The van der Waals surface area contributed by atoms with E-state index in [9.17, 15) is 4.79 Å². The number of carbonyl (C=O) groups is 1. The summed E-state index contributed by atoms with van der Waals surface area (Å²) in [5.41, 5.74) is 3.48. The third-order valence-electron chi connectivity index (χ3n) is 4.73. The number of hydrogen-bond acceptors (Lipinski definition) is 2. The number of allylic oxidation sites excluding steroid dienone is 3. The van der Waals surface area contributed by atoms with Crippen molar-refractivity contribution < 1.29 is 4.79 Å². The number of nitrogens with zero attached hydrogens (tertiary/aromatic N) is 2. The van der Waals surface area contributed by atoms with Crippen LogP contribution >= 0.6 is 0 Å². The van der Waals surface area contributed by atoms with Crippen LogP contribution in [0.3, 0.4) is 0 Å². The van der Waals surface area contributed by atoms with Gasteiger partial charge in [0.05, 0.1) is 6.34 Å². The Labute approximate surface area is 151 Å². The van der Waals surface area contributed by atoms with Crippen molar-refractivity contribution in [1.29, 1.82) is 0 Å². The molecule has 1 aromatic carbocycles. The topological polar surface area (TPSA) is 44.7 Å². The first kappa shape index (κ1) is 19.0. The van der Waals surface area contributed by atoms with Gasteiger partial charge in [-0.1, -0.05) is 18.7 Å². The molecule has 0 unspecified atom stereocenters. The highest BCUT2D eigenvalue weighted by atomic mass is 16.1. The Morgan fingerprint density at radius 3 is 2.52 bits per heavy atom. The van der Waals surface area contributed by atoms with Gasteiger partial charge in [-0.2, -0.15) is 0 Å². The van der Waals surface area contributed by atoms with Crippen molar-refractivity contribution in [3.63, 3.8) is 0 Å². The van der Waals surface area contributed by atoms with E-state index in [2.05, 4.69) is 36.8 Å². The molecule has 25 heavy (non-hydrogen) atoms. The van der Waals surface area contributed by atoms with Gasteiger partial charge < -0.3 is 10.2 Å². The first-order valence-electron chi connectivity index (χ1n) is 8.71. The molecule has 1 N–H and O–H groups in total. The number of anilines is 1. The average Bonchev–Trinajstić information content (AvgIpc) is 3.40. The first-order valence-corrected chi connectivity index (χ1v) is 8.71. The van der Waals surface area contributed by atoms with Crippen molar-refractivity contribution >= 4 is 23.5 Å². The molecule has 0 aromatic heterocycles. The van der Waals surface area contributed by atoms with E-state index >= 15 is 0 Å². The quantitative estimate of drug-likeness (QED) is 0.457. The summed E-state index contributed by atoms with van der Waals surface area (Å²) in [6.45, 7) is 9.98. The smallest absolute Gasteiger partial charge is 0.251 e. The van der Waals surface area contributed by atoms with Crippen LogP contribution in [0.15, 0.2) is 41.9 Å². The Kier molecular flexibility index (Phi) is 5.83. The molecule has 0 saturated heterocycles. The summed E-state index contributed by atoms with van der Waals surface area (Å²) in [7, 11) is 3.66. The fourth-order valence-electron chi connectivity index (χ4n) is 2.96. The predicted molar refractivity (Wildman–Crippen MR) is 107 cm³/mol. The SMILES string of the molecule is C=C/C=C(\C)c1cc(C(=O)NC(C)(C)C2CC2)cc(N(C)/C=N\C)c1. The van der Waals surface area contributed by atoms with Gasteiger partial charge in [0.2, 0.25) is 0 Å². The minimum absolute atomic E-state index is 0.0340. The van der Waals surface area contributed by atoms with Gasteiger partial charge in [-0.3, -0.25) is 9.79 Å². The number of aliphatic imine (C=N–C) groups is 1. The molecule has 134 valence electrons. The monoisotopic (exact) mass is 339 g/mol. The molecule has 1 aliphatic rings. The molecule has 0 heterocycles. The Bertz CT molecular complexity index is 712. The third-order valence-corrected chi connectivity index (χ3v) is 4.73. The van der Waals surface area contributed by atoms with E-state index in [1.807, 2.05) is 37.1 Å². The summed E-state index contributed by atoms with van der Waals surface area (Å²) in [5, 5.41) is 3.20. The minimum Gasteiger partial charge on any atom is -0.347 e. The normalized spacial score (nSPS) is 15.3. The predicted octanol–water partition coefficient (Wildman–Crippen LogP) is 4.29. The lowest BCUT2D eigenvalue weighted by Crippen LogP contribution is -2.45. The molecular weight excluding hydrogens is 310 g/mol. The van der Waals surface area contributed by atoms with Gasteiger partial charge in [0.1, 0.15) is 0 Å². The maximum Gasteiger partial charge on any atom is 0.251 e. The van der Waals surface area contributed by atoms with Crippen LogP contribution in [0.1, 0.15) is 49.5 Å². The van der Waals surface area contributed by atoms with E-state index in [1.165, 1.54) is 12.8 Å². The highest BCUT2D eigenvalue weighted by Gasteiger charge is 2.38. The standard InChI is InChI=1S/C21H29N3O/c1-7-8-15(2)16-11-17(13-19(12-16)24(6)14-22-5)20(25)23-21(3,4)18-9-10-18/h7-8,11-14,18H,1,9-10H2,2-6H3,(H,23,25)/b15-8+,22-14-. The van der Waals surface area contributed by atoms with Gasteiger partial charge in [-0.15, -0.1) is 0 Å². The summed E-state index contributed by atoms with van der Waals surface area (Å²) in [6, 6.07) is 5.90. The van der Waals surface area contributed by atoms with Crippen LogP contribution in [0.25, 0.3) is 5.57 Å². The molecule has 1 amide bonds. The van der Waals surface area contributed by atoms with E-state index in [4.69, 9.17) is 0 Å². The molecule has 0 spiro atoms. The second-order valence-electron chi connectivity index (χ2n) is 7.29. The van der Waals surface area contributed by atoms with E-state index in [-0.39, 0.29) is 11.4 Å². The maximum absolute atomic E-state index is 12.9. The van der Waals surface area contributed by atoms with E-state index in [0.29, 0.717) is 11.5 Å². The molecule has 1 saturated carbocycles. The second kappa shape index (κ2) is 7.68. The van der Waals surface area contributed by atoms with E-state index < -0.39 is 0 Å². The van der Waals surface area contributed by atoms with Crippen LogP contribution in [-0.4, -0.2) is 31.9 Å². The summed E-state index contributed by atoms with van der Waals surface area (Å²) in [6.07, 6.45) is 7.82. The number of nitrogens with one attached hydrogen (secondary N) is 1. The second-order valence-corrected chi connectivity index (χ2v) is 7.29. The lowest BCUT2D eigenvalue weighted by molar-refractivity contribution is 0.0903. The van der Waals surface area contributed by atoms with E-state index in [1.54, 1.807) is 19.5 Å². The number of benzene rings is 1. The van der Waals surface area contributed by atoms with Crippen LogP contribution in [0.4, 0.5) is 5.69 Å². The molecule has 1 fully saturated rings. The van der Waals surface area contributed by atoms with Crippen molar-refractivity contribution in [2.24, 2.45) is 10.9 Å². The average molecular weight is 339 g/mol. The van der Waals surface area contributed by atoms with Crippen LogP contribution in [0.2, 0.25) is 0 Å². The molecule has 2 rings (SSSR count). The molecule has 4 nitrogen and oxygen atoms in total. The third kappa shape index (κ3) is 4.81. The molecule has 0 aliphatic heterocycles. The van der Waals surface area contributed by atoms with Crippen LogP contribution in [0.5, 0.6) is 0 Å². The zero-order valence-electron chi connectivity index (χ0n) is 16.0. The minimum atomic E-state index is -0.171. The zero-order chi connectivity index (χ0) is 18.6. The van der Waals surface area contributed by atoms with Crippen molar-refractivity contribution in [3.05, 3.63) is 48.1 Å². The van der Waals surface area contributed by atoms with Gasteiger partial charge in [0.25, 0.3) is 5.91 Å². The van der Waals surface area contributed by atoms with Crippen molar-refractivity contribution in [2.75, 3.05) is 19.0 Å². The van der Waals surface area contributed by atoms with Crippen molar-refractivity contribution in [2.45, 2.75) is 39.2 Å². The van der Waals surface area contributed by atoms with Crippen molar-refractivity contribution in [1.82, 2.24) is 5.32 Å². The fourth-order valence-corrected chi connectivity index (χ4v) is 2.96. The Morgan fingerprint density at radius 1 is 1.32 bits per heavy atom. The highest BCUT2D eigenvalue weighted by molar-refractivity contribution is 5.97. The number of rotatable bonds is 7. The first-order chi connectivity index (χ1) is 11.8. The largest absolute Gasteiger partial charge is 0.347 e. The van der Waals surface area contributed by atoms with Gasteiger partial charge in [-0.05, 0) is 68.9 Å². The number of carbonyl (C=O) groups excluding carboxylic acids is 1. The molecule has 1 aromatic rings. The Morgan fingerprint density at radius 2 is 1.96 bits per heavy atom. The maximum atomic E-state index is 12.9. The zero-order valence-corrected chi connectivity index (χ0v) is 16.0. The summed E-state index contributed by atoms with van der Waals surface area (Å²) in [4.78, 5) is 18.8. The van der Waals surface area contributed by atoms with Gasteiger partial charge in [-0.25, -0.2) is 0 Å². The van der Waals surface area contributed by atoms with Crippen molar-refractivity contribution in [3.8, 4) is 0 Å². The fraction of sp³-hybridized carbons (Fsp3) is 0.429. The highest BCUT2D eigenvalue weighted by Crippen LogP contribution is 2.39. The van der Waals surface area contributed by atoms with Crippen LogP contribution in [0, 0.1) is 5.92 Å². The summed E-state index contributed by atoms with van der Waals surface area (Å²) < 4.78 is 0. The van der Waals surface area contributed by atoms with Gasteiger partial charge in [0.15, 0.2) is 0 Å². The number of hydrogen-bond donors (Lipinski definition) is 1. The Hall–Kier alpha value is -2.36. The molecular formula is C21H29N3O. The van der Waals surface area contributed by atoms with Gasteiger partial charge >= 0.3 is 0 Å². The lowest BCUT2D eigenvalue weighted by Gasteiger charge is -2.26. The Balaban J connectivity index is 2.39. The van der Waals surface area contributed by atoms with Crippen LogP contribution in [-0.2, 0) is 0 Å². The lowest BCUT2D eigenvalue weighted by atomic mass is 9.97. The molecule has 0 atom stereocenters. The van der Waals surface area contributed by atoms with E-state index in [0.717, 1.165) is 16.8 Å². The summed E-state index contributed by atoms with van der Waals surface area (Å²) >= 11 is 0. The molecule has 1 aliphatic carbocycles. The molecule has 4 heteroatoms. The van der Waals surface area contributed by atoms with Crippen LogP contribution < -0.4 is 10.2 Å². The molecule has 0 bridgehead atoms. The summed E-state index contributed by atoms with van der Waals surface area (Å²) in [5.74, 6) is 0.546. The van der Waals surface area contributed by atoms with Gasteiger partial charge in [0, 0.05) is 30.9 Å².